The second-order valence-corrected chi connectivity index (χ2v) is 10.8. The lowest BCUT2D eigenvalue weighted by Crippen LogP contribution is -2.36. The summed E-state index contributed by atoms with van der Waals surface area (Å²) in [5.74, 6) is 0. The van der Waals surface area contributed by atoms with Gasteiger partial charge in [0.05, 0.1) is 18.9 Å². The van der Waals surface area contributed by atoms with Crippen LogP contribution >= 0.6 is 7.14 Å². The molecule has 0 aliphatic heterocycles. The molecule has 0 saturated heterocycles. The third kappa shape index (κ3) is 11.7. The van der Waals surface area contributed by atoms with Gasteiger partial charge in [-0.05, 0) is 77.8 Å². The van der Waals surface area contributed by atoms with E-state index in [1.54, 1.807) is 0 Å². The summed E-state index contributed by atoms with van der Waals surface area (Å²) in [5, 5.41) is 0. The van der Waals surface area contributed by atoms with Crippen LogP contribution < -0.4 is 0 Å². The predicted octanol–water partition coefficient (Wildman–Crippen LogP) is 5.59. The molecule has 0 spiro atoms. The predicted molar refractivity (Wildman–Crippen MR) is 119 cm³/mol. The lowest BCUT2D eigenvalue weighted by atomic mass is 10.4. The normalized spacial score (nSPS) is 12.7. The Hall–Kier alpha value is 0.110. The van der Waals surface area contributed by atoms with Crippen LogP contribution in [0.3, 0.4) is 0 Å². The van der Waals surface area contributed by atoms with Gasteiger partial charge in [-0.25, -0.2) is 0 Å². The molecular formula is C21H48N3OP. The highest BCUT2D eigenvalue weighted by Gasteiger charge is 2.29. The summed E-state index contributed by atoms with van der Waals surface area (Å²) in [6, 6.07) is 0. The van der Waals surface area contributed by atoms with Crippen molar-refractivity contribution >= 4 is 7.14 Å². The maximum atomic E-state index is 14.2. The van der Waals surface area contributed by atoms with Gasteiger partial charge in [0.25, 0.3) is 0 Å². The van der Waals surface area contributed by atoms with E-state index >= 15 is 0 Å². The molecule has 5 heteroatoms. The first-order valence-electron chi connectivity index (χ1n) is 11.2. The lowest BCUT2D eigenvalue weighted by Gasteiger charge is -2.35. The van der Waals surface area contributed by atoms with Gasteiger partial charge in [0.1, 0.15) is 7.14 Å². The highest BCUT2D eigenvalue weighted by molar-refractivity contribution is 7.63. The quantitative estimate of drug-likeness (QED) is 0.286. The third-order valence-electron chi connectivity index (χ3n) is 4.61. The van der Waals surface area contributed by atoms with E-state index in [1.165, 1.54) is 0 Å². The van der Waals surface area contributed by atoms with Gasteiger partial charge in [-0.3, -0.25) is 14.7 Å². The molecular weight excluding hydrogens is 341 g/mol. The monoisotopic (exact) mass is 389 g/mol. The molecule has 0 aromatic carbocycles. The highest BCUT2D eigenvalue weighted by atomic mass is 31.2. The Balaban J connectivity index is 5.33. The Labute approximate surface area is 165 Å². The molecule has 0 amide bonds. The van der Waals surface area contributed by atoms with E-state index < -0.39 is 7.14 Å². The van der Waals surface area contributed by atoms with Crippen molar-refractivity contribution in [2.24, 2.45) is 0 Å². The van der Waals surface area contributed by atoms with E-state index in [0.717, 1.165) is 96.7 Å². The smallest absolute Gasteiger partial charge is 0.127 e. The molecule has 0 aliphatic carbocycles. The Bertz CT molecular complexity index is 295. The van der Waals surface area contributed by atoms with Crippen molar-refractivity contribution in [1.82, 2.24) is 14.7 Å². The van der Waals surface area contributed by atoms with E-state index in [2.05, 4.69) is 56.2 Å². The summed E-state index contributed by atoms with van der Waals surface area (Å²) in [6.45, 7) is 19.8. The molecule has 0 bridgehead atoms. The van der Waals surface area contributed by atoms with Gasteiger partial charge in [-0.15, -0.1) is 0 Å². The second kappa shape index (κ2) is 16.1. The molecule has 0 unspecified atom stereocenters. The van der Waals surface area contributed by atoms with Crippen LogP contribution in [0, 0.1) is 0 Å². The summed E-state index contributed by atoms with van der Waals surface area (Å²) >= 11 is 0. The van der Waals surface area contributed by atoms with Gasteiger partial charge in [-0.2, -0.15) is 0 Å². The fourth-order valence-electron chi connectivity index (χ4n) is 3.88. The van der Waals surface area contributed by atoms with Crippen molar-refractivity contribution in [3.63, 3.8) is 0 Å². The maximum absolute atomic E-state index is 14.2. The van der Waals surface area contributed by atoms with Crippen LogP contribution in [0.1, 0.15) is 80.1 Å². The number of hydrogen-bond acceptors (Lipinski definition) is 4. The number of rotatable bonds is 18. The molecule has 0 aliphatic rings. The number of nitrogens with zero attached hydrogens (tertiary/aromatic N) is 3. The van der Waals surface area contributed by atoms with Crippen LogP contribution in [0.4, 0.5) is 0 Å². The third-order valence-corrected chi connectivity index (χ3v) is 7.36. The van der Waals surface area contributed by atoms with Gasteiger partial charge in [0, 0.05) is 0 Å². The average molecular weight is 390 g/mol. The zero-order valence-corrected chi connectivity index (χ0v) is 19.7. The van der Waals surface area contributed by atoms with Crippen molar-refractivity contribution in [2.75, 3.05) is 58.1 Å². The van der Waals surface area contributed by atoms with Crippen molar-refractivity contribution in [2.45, 2.75) is 80.1 Å². The van der Waals surface area contributed by atoms with E-state index in [0.29, 0.717) is 0 Å². The van der Waals surface area contributed by atoms with E-state index in [9.17, 15) is 4.57 Å². The fourth-order valence-corrected chi connectivity index (χ4v) is 7.19. The second-order valence-electron chi connectivity index (χ2n) is 7.84. The molecule has 0 aromatic rings. The van der Waals surface area contributed by atoms with Crippen molar-refractivity contribution in [1.29, 1.82) is 0 Å². The Morgan fingerprint density at radius 3 is 0.808 bits per heavy atom. The molecule has 0 rings (SSSR count). The van der Waals surface area contributed by atoms with Gasteiger partial charge >= 0.3 is 0 Å². The first-order valence-corrected chi connectivity index (χ1v) is 13.5. The van der Waals surface area contributed by atoms with Crippen LogP contribution in [0.5, 0.6) is 0 Å². The summed E-state index contributed by atoms with van der Waals surface area (Å²) in [4.78, 5) is 7.40. The zero-order chi connectivity index (χ0) is 19.8. The van der Waals surface area contributed by atoms with Gasteiger partial charge in [0.2, 0.25) is 0 Å². The highest BCUT2D eigenvalue weighted by Crippen LogP contribution is 2.47. The SMILES string of the molecule is CCCN(CCC)CP(=O)(CN(CCC)CCC)CN(CCC)CCC. The Morgan fingerprint density at radius 1 is 0.462 bits per heavy atom. The minimum absolute atomic E-state index is 0.794. The molecule has 0 fully saturated rings. The molecule has 0 radical (unpaired) electrons. The molecule has 4 nitrogen and oxygen atoms in total. The fraction of sp³-hybridized carbons (Fsp3) is 1.00. The molecule has 0 N–H and O–H groups in total. The molecule has 0 aromatic heterocycles. The molecule has 0 saturated carbocycles. The minimum Gasteiger partial charge on any atom is -0.320 e. The lowest BCUT2D eigenvalue weighted by molar-refractivity contribution is 0.277. The molecule has 158 valence electrons. The van der Waals surface area contributed by atoms with Crippen molar-refractivity contribution in [3.05, 3.63) is 0 Å². The van der Waals surface area contributed by atoms with E-state index in [-0.39, 0.29) is 0 Å². The number of hydrogen-bond donors (Lipinski definition) is 0. The minimum atomic E-state index is -2.29. The van der Waals surface area contributed by atoms with Crippen molar-refractivity contribution in [3.8, 4) is 0 Å². The van der Waals surface area contributed by atoms with Gasteiger partial charge in [-0.1, -0.05) is 41.5 Å². The molecule has 0 heterocycles. The van der Waals surface area contributed by atoms with Crippen LogP contribution in [-0.4, -0.2) is 72.8 Å². The topological polar surface area (TPSA) is 26.8 Å². The first-order chi connectivity index (χ1) is 12.5. The average Bonchev–Trinajstić information content (AvgIpc) is 2.56. The molecule has 26 heavy (non-hydrogen) atoms. The summed E-state index contributed by atoms with van der Waals surface area (Å²) in [5.41, 5.74) is 0. The van der Waals surface area contributed by atoms with E-state index in [1.807, 2.05) is 0 Å². The standard InChI is InChI=1S/C21H48N3OP/c1-7-13-22(14-8-2)19-26(25,20-23(15-9-3)16-10-4)21-24(17-11-5)18-12-6/h7-21H2,1-6H3. The summed E-state index contributed by atoms with van der Waals surface area (Å²) in [6.07, 6.45) is 9.22. The van der Waals surface area contributed by atoms with Gasteiger partial charge in [0.15, 0.2) is 0 Å². The zero-order valence-electron chi connectivity index (χ0n) is 18.8. The van der Waals surface area contributed by atoms with Crippen LogP contribution in [0.25, 0.3) is 0 Å². The summed E-state index contributed by atoms with van der Waals surface area (Å²) in [7, 11) is -2.29. The van der Waals surface area contributed by atoms with Crippen LogP contribution in [-0.2, 0) is 4.57 Å². The van der Waals surface area contributed by atoms with Crippen molar-refractivity contribution < 1.29 is 4.57 Å². The Kier molecular flexibility index (Phi) is 16.2. The van der Waals surface area contributed by atoms with Crippen LogP contribution in [0.2, 0.25) is 0 Å². The summed E-state index contributed by atoms with van der Waals surface area (Å²) < 4.78 is 14.2. The van der Waals surface area contributed by atoms with E-state index in [4.69, 9.17) is 0 Å². The van der Waals surface area contributed by atoms with Crippen LogP contribution in [0.15, 0.2) is 0 Å². The van der Waals surface area contributed by atoms with Gasteiger partial charge < -0.3 is 4.57 Å². The Morgan fingerprint density at radius 2 is 0.654 bits per heavy atom. The largest absolute Gasteiger partial charge is 0.320 e. The maximum Gasteiger partial charge on any atom is 0.127 e. The molecule has 0 atom stereocenters. The first kappa shape index (κ1) is 26.1.